The Balaban J connectivity index is 2.74. The molecule has 1 aliphatic rings. The fraction of sp³-hybridized carbons (Fsp3) is 0.571. The molecule has 4 heteroatoms. The highest BCUT2D eigenvalue weighted by Gasteiger charge is 2.21. The van der Waals surface area contributed by atoms with E-state index in [0.29, 0.717) is 5.84 Å². The highest BCUT2D eigenvalue weighted by Crippen LogP contribution is 1.98. The Kier molecular flexibility index (Phi) is 2.03. The zero-order valence-corrected chi connectivity index (χ0v) is 6.55. The molecule has 0 radical (unpaired) electrons. The first-order chi connectivity index (χ1) is 5.11. The molecule has 0 aromatic carbocycles. The third-order valence-corrected chi connectivity index (χ3v) is 1.43. The number of rotatable bonds is 1. The Bertz CT molecular complexity index is 231. The fourth-order valence-electron chi connectivity index (χ4n) is 0.781. The van der Waals surface area contributed by atoms with Gasteiger partial charge in [0.25, 0.3) is 5.91 Å². The first-order valence-corrected chi connectivity index (χ1v) is 3.50. The summed E-state index contributed by atoms with van der Waals surface area (Å²) in [6.07, 6.45) is 0. The first kappa shape index (κ1) is 7.91. The van der Waals surface area contributed by atoms with E-state index in [4.69, 9.17) is 0 Å². The average molecular weight is 154 g/mol. The number of hydrogen-bond acceptors (Lipinski definition) is 3. The predicted octanol–water partition coefficient (Wildman–Crippen LogP) is -0.260. The molecule has 1 amide bonds. The van der Waals surface area contributed by atoms with Gasteiger partial charge in [0.15, 0.2) is 0 Å². The van der Waals surface area contributed by atoms with Gasteiger partial charge in [0.05, 0.1) is 0 Å². The van der Waals surface area contributed by atoms with Crippen molar-refractivity contribution in [1.82, 2.24) is 5.32 Å². The number of nitrogens with one attached hydrogen (secondary N) is 1. The van der Waals surface area contributed by atoms with Crippen molar-refractivity contribution in [2.75, 3.05) is 6.54 Å². The first-order valence-electron chi connectivity index (χ1n) is 3.50. The van der Waals surface area contributed by atoms with Crippen LogP contribution in [0.2, 0.25) is 0 Å². The van der Waals surface area contributed by atoms with Crippen molar-refractivity contribution in [3.05, 3.63) is 0 Å². The minimum Gasteiger partial charge on any atom is -0.308 e. The number of Topliss-reactive ketones (excluding diaryl/α,β-unsaturated/α-hetero) is 1. The van der Waals surface area contributed by atoms with Gasteiger partial charge in [-0.15, -0.1) is 0 Å². The minimum atomic E-state index is -0.538. The lowest BCUT2D eigenvalue weighted by molar-refractivity contribution is -0.136. The molecular weight excluding hydrogens is 144 g/mol. The number of carbonyl (C=O) groups excluding carboxylic acids is 2. The second-order valence-corrected chi connectivity index (χ2v) is 2.73. The molecule has 0 unspecified atom stereocenters. The molecule has 1 heterocycles. The summed E-state index contributed by atoms with van der Waals surface area (Å²) in [5, 5.41) is 2.43. The third kappa shape index (κ3) is 1.63. The normalized spacial score (nSPS) is 18.3. The Morgan fingerprint density at radius 3 is 2.55 bits per heavy atom. The van der Waals surface area contributed by atoms with Crippen molar-refractivity contribution in [1.29, 1.82) is 0 Å². The van der Waals surface area contributed by atoms with Gasteiger partial charge in [-0.2, -0.15) is 0 Å². The number of carbonyl (C=O) groups is 2. The Morgan fingerprint density at radius 2 is 2.09 bits per heavy atom. The molecule has 1 N–H and O–H groups in total. The standard InChI is InChI=1S/C7H10N2O2/c1-4(2)6-8-3-5(10)7(11)9-6/h4H,3H2,1-2H3,(H,8,9,11). The van der Waals surface area contributed by atoms with Crippen molar-refractivity contribution < 1.29 is 9.59 Å². The van der Waals surface area contributed by atoms with E-state index in [9.17, 15) is 9.59 Å². The molecule has 0 saturated heterocycles. The molecule has 0 bridgehead atoms. The van der Waals surface area contributed by atoms with Gasteiger partial charge >= 0.3 is 0 Å². The minimum absolute atomic E-state index is 0.000648. The summed E-state index contributed by atoms with van der Waals surface area (Å²) in [7, 11) is 0. The predicted molar refractivity (Wildman–Crippen MR) is 40.3 cm³/mol. The molecule has 0 aliphatic carbocycles. The van der Waals surface area contributed by atoms with Gasteiger partial charge in [0, 0.05) is 5.92 Å². The van der Waals surface area contributed by atoms with Crippen molar-refractivity contribution in [2.24, 2.45) is 10.9 Å². The average Bonchev–Trinajstić information content (AvgIpc) is 1.94. The highest BCUT2D eigenvalue weighted by atomic mass is 16.2. The van der Waals surface area contributed by atoms with Crippen molar-refractivity contribution in [3.63, 3.8) is 0 Å². The van der Waals surface area contributed by atoms with Crippen LogP contribution in [0.25, 0.3) is 0 Å². The van der Waals surface area contributed by atoms with E-state index in [1.54, 1.807) is 0 Å². The summed E-state index contributed by atoms with van der Waals surface area (Å²) in [6, 6.07) is 0. The summed E-state index contributed by atoms with van der Waals surface area (Å²) in [4.78, 5) is 25.3. The lowest BCUT2D eigenvalue weighted by atomic mass is 10.1. The van der Waals surface area contributed by atoms with E-state index in [1.165, 1.54) is 0 Å². The molecule has 1 rings (SSSR count). The van der Waals surface area contributed by atoms with Crippen LogP contribution >= 0.6 is 0 Å². The van der Waals surface area contributed by atoms with Crippen LogP contribution in [0.1, 0.15) is 13.8 Å². The summed E-state index contributed by atoms with van der Waals surface area (Å²) in [5.74, 6) is -0.222. The van der Waals surface area contributed by atoms with E-state index in [1.807, 2.05) is 13.8 Å². The third-order valence-electron chi connectivity index (χ3n) is 1.43. The molecule has 0 saturated carbocycles. The molecular formula is C7H10N2O2. The summed E-state index contributed by atoms with van der Waals surface area (Å²) in [5.41, 5.74) is 0. The number of ketones is 1. The monoisotopic (exact) mass is 154 g/mol. The maximum absolute atomic E-state index is 10.8. The van der Waals surface area contributed by atoms with Gasteiger partial charge in [-0.25, -0.2) is 0 Å². The molecule has 4 nitrogen and oxygen atoms in total. The summed E-state index contributed by atoms with van der Waals surface area (Å²) >= 11 is 0. The van der Waals surface area contributed by atoms with Crippen LogP contribution in [0.15, 0.2) is 4.99 Å². The van der Waals surface area contributed by atoms with Crippen LogP contribution in [0.3, 0.4) is 0 Å². The van der Waals surface area contributed by atoms with Crippen LogP contribution in [-0.4, -0.2) is 24.1 Å². The molecule has 0 aromatic heterocycles. The summed E-state index contributed by atoms with van der Waals surface area (Å²) in [6.45, 7) is 3.82. The fourth-order valence-corrected chi connectivity index (χ4v) is 0.781. The second kappa shape index (κ2) is 2.82. The Hall–Kier alpha value is -1.19. The molecule has 0 aromatic rings. The van der Waals surface area contributed by atoms with Gasteiger partial charge < -0.3 is 5.32 Å². The van der Waals surface area contributed by atoms with Crippen molar-refractivity contribution in [3.8, 4) is 0 Å². The highest BCUT2D eigenvalue weighted by molar-refractivity contribution is 6.41. The van der Waals surface area contributed by atoms with Crippen molar-refractivity contribution >= 4 is 17.5 Å². The van der Waals surface area contributed by atoms with Crippen LogP contribution < -0.4 is 5.32 Å². The van der Waals surface area contributed by atoms with Crippen LogP contribution in [0.4, 0.5) is 0 Å². The topological polar surface area (TPSA) is 58.5 Å². The smallest absolute Gasteiger partial charge is 0.294 e. The summed E-state index contributed by atoms with van der Waals surface area (Å²) < 4.78 is 0. The maximum Gasteiger partial charge on any atom is 0.294 e. The van der Waals surface area contributed by atoms with Crippen LogP contribution in [-0.2, 0) is 9.59 Å². The number of amides is 1. The van der Waals surface area contributed by atoms with E-state index >= 15 is 0 Å². The molecule has 11 heavy (non-hydrogen) atoms. The van der Waals surface area contributed by atoms with Gasteiger partial charge in [-0.1, -0.05) is 13.8 Å². The Labute approximate surface area is 64.7 Å². The number of nitrogens with zero attached hydrogens (tertiary/aromatic N) is 1. The van der Waals surface area contributed by atoms with Crippen LogP contribution in [0, 0.1) is 5.92 Å². The largest absolute Gasteiger partial charge is 0.308 e. The number of amidine groups is 1. The van der Waals surface area contributed by atoms with Crippen molar-refractivity contribution in [2.45, 2.75) is 13.8 Å². The lowest BCUT2D eigenvalue weighted by Gasteiger charge is -2.14. The second-order valence-electron chi connectivity index (χ2n) is 2.73. The van der Waals surface area contributed by atoms with Crippen LogP contribution in [0.5, 0.6) is 0 Å². The zero-order chi connectivity index (χ0) is 8.43. The molecule has 0 atom stereocenters. The number of hydrogen-bond donors (Lipinski definition) is 1. The number of aliphatic imine (C=N–C) groups is 1. The van der Waals surface area contributed by atoms with Gasteiger partial charge in [-0.3, -0.25) is 14.6 Å². The Morgan fingerprint density at radius 1 is 1.45 bits per heavy atom. The lowest BCUT2D eigenvalue weighted by Crippen LogP contribution is -2.43. The molecule has 60 valence electrons. The SMILES string of the molecule is CC(C)C1=NCC(=O)C(=O)N1. The van der Waals surface area contributed by atoms with Gasteiger partial charge in [0.1, 0.15) is 12.4 Å². The maximum atomic E-state index is 10.8. The van der Waals surface area contributed by atoms with Gasteiger partial charge in [0.2, 0.25) is 5.78 Å². The molecule has 1 aliphatic heterocycles. The van der Waals surface area contributed by atoms with E-state index in [2.05, 4.69) is 10.3 Å². The van der Waals surface area contributed by atoms with E-state index in [-0.39, 0.29) is 12.5 Å². The van der Waals surface area contributed by atoms with E-state index in [0.717, 1.165) is 0 Å². The van der Waals surface area contributed by atoms with E-state index < -0.39 is 11.7 Å². The van der Waals surface area contributed by atoms with Gasteiger partial charge in [-0.05, 0) is 0 Å². The molecule has 0 fully saturated rings. The zero-order valence-electron chi connectivity index (χ0n) is 6.55. The molecule has 0 spiro atoms. The quantitative estimate of drug-likeness (QED) is 0.529.